The highest BCUT2D eigenvalue weighted by Gasteiger charge is 2.38. The summed E-state index contributed by atoms with van der Waals surface area (Å²) in [5, 5.41) is 2.57. The van der Waals surface area contributed by atoms with Crippen molar-refractivity contribution in [3.63, 3.8) is 0 Å². The van der Waals surface area contributed by atoms with E-state index in [0.29, 0.717) is 21.3 Å². The number of fused-ring (bicyclic) bond motifs is 2. The van der Waals surface area contributed by atoms with E-state index in [0.717, 1.165) is 59.5 Å². The van der Waals surface area contributed by atoms with Gasteiger partial charge in [0, 0.05) is 65.5 Å². The summed E-state index contributed by atoms with van der Waals surface area (Å²) in [5.41, 5.74) is 5.25. The van der Waals surface area contributed by atoms with Crippen LogP contribution in [0, 0.1) is 28.5 Å². The highest BCUT2D eigenvalue weighted by molar-refractivity contribution is 8.09. The van der Waals surface area contributed by atoms with E-state index in [-0.39, 0.29) is 16.6 Å². The van der Waals surface area contributed by atoms with E-state index in [9.17, 15) is 0 Å². The van der Waals surface area contributed by atoms with Gasteiger partial charge in [0.1, 0.15) is 5.82 Å². The molecule has 6 rings (SSSR count). The van der Waals surface area contributed by atoms with Crippen molar-refractivity contribution in [1.82, 2.24) is 0 Å². The molecule has 0 saturated carbocycles. The summed E-state index contributed by atoms with van der Waals surface area (Å²) in [6.07, 6.45) is 27.4. The Labute approximate surface area is 472 Å². The number of hydrogen-bond donors (Lipinski definition) is 0. The van der Waals surface area contributed by atoms with Crippen LogP contribution in [0.5, 0.6) is 0 Å². The fourth-order valence-electron chi connectivity index (χ4n) is 9.83. The normalized spacial score (nSPS) is 14.6. The SMILES string of the molecule is C=C(CCCC(C)CCCC(C)C)c1sc(=C)/c(=C(\Sc2cc3c(-c4ccc(CCCCCCCC)s4)c4c(c(-c5ccc(CCCCCCCC)s5)c3s2)CC(C(C)(C)C)S4)C(C)(C)C)c1F.CC.CCC. The van der Waals surface area contributed by atoms with Crippen molar-refractivity contribution in [2.45, 2.75) is 259 Å². The molecule has 73 heavy (non-hydrogen) atoms. The number of benzene rings is 1. The third-order valence-electron chi connectivity index (χ3n) is 14.0. The molecular formula is C66H101FS6. The minimum absolute atomic E-state index is 0.119. The van der Waals surface area contributed by atoms with Gasteiger partial charge in [-0.15, -0.1) is 57.1 Å². The average molecular weight is 1110 g/mol. The van der Waals surface area contributed by atoms with Crippen molar-refractivity contribution in [3.05, 3.63) is 72.7 Å². The van der Waals surface area contributed by atoms with Crippen LogP contribution < -0.4 is 9.75 Å². The second-order valence-electron chi connectivity index (χ2n) is 23.5. The van der Waals surface area contributed by atoms with Crippen molar-refractivity contribution in [2.75, 3.05) is 0 Å². The van der Waals surface area contributed by atoms with Crippen molar-refractivity contribution < 1.29 is 4.39 Å². The minimum Gasteiger partial charge on any atom is -0.205 e. The molecule has 0 bridgehead atoms. The molecule has 0 spiro atoms. The van der Waals surface area contributed by atoms with Gasteiger partial charge in [0.25, 0.3) is 0 Å². The summed E-state index contributed by atoms with van der Waals surface area (Å²) in [5.74, 6) is 1.33. The fourth-order valence-corrected chi connectivity index (χ4v) is 17.5. The lowest BCUT2D eigenvalue weighted by Gasteiger charge is -2.25. The Morgan fingerprint density at radius 3 is 1.77 bits per heavy atom. The van der Waals surface area contributed by atoms with Crippen LogP contribution in [0.4, 0.5) is 4.39 Å². The Hall–Kier alpha value is -1.61. The molecule has 0 N–H and O–H groups in total. The van der Waals surface area contributed by atoms with Crippen LogP contribution in [0.25, 0.3) is 48.0 Å². The molecule has 1 aliphatic heterocycles. The van der Waals surface area contributed by atoms with Gasteiger partial charge in [0.15, 0.2) is 0 Å². The standard InChI is InChI=1S/C61H87FS6.C3H8.C2H6/c1-14-16-18-20-22-24-32-44-34-36-48(64-44)53-46-38-50(60(8,9)10)66-57(46)54(49-37-35-45(65-49)33-25-23-21-19-17-15-2)47-39-51(67-58(47)53)68-59(61(11,12)13)52-43(7)63-56(55(52)62)42(6)31-27-30-41(5)29-26-28-40(3)4;1-3-2;1-2/h34-37,39-41,50H,6-7,14-33,38H2,1-5,8-13H3;3H2,1-2H3;1-2H3/b59-52+;;. The Kier molecular flexibility index (Phi) is 27.8. The number of thioether (sulfide) groups is 2. The predicted molar refractivity (Wildman–Crippen MR) is 341 cm³/mol. The quantitative estimate of drug-likeness (QED) is 0.0380. The molecule has 7 heteroatoms. The molecule has 0 aliphatic carbocycles. The molecule has 0 amide bonds. The maximum Gasteiger partial charge on any atom is 0.150 e. The fraction of sp³-hybridized carbons (Fsp3) is 0.636. The third kappa shape index (κ3) is 18.8. The van der Waals surface area contributed by atoms with E-state index in [1.54, 1.807) is 17.3 Å². The van der Waals surface area contributed by atoms with Crippen LogP contribution in [0.2, 0.25) is 0 Å². The van der Waals surface area contributed by atoms with Crippen molar-refractivity contribution >= 4 is 96.0 Å². The van der Waals surface area contributed by atoms with E-state index in [4.69, 9.17) is 0 Å². The van der Waals surface area contributed by atoms with Gasteiger partial charge in [-0.2, -0.15) is 0 Å². The lowest BCUT2D eigenvalue weighted by molar-refractivity contribution is 0.396. The summed E-state index contributed by atoms with van der Waals surface area (Å²) in [7, 11) is 0. The first-order chi connectivity index (χ1) is 34.8. The van der Waals surface area contributed by atoms with Crippen LogP contribution in [0.15, 0.2) is 46.0 Å². The monoisotopic (exact) mass is 1100 g/mol. The number of thiophene rings is 4. The molecule has 0 nitrogen and oxygen atoms in total. The van der Waals surface area contributed by atoms with Gasteiger partial charge in [-0.05, 0) is 109 Å². The highest BCUT2D eigenvalue weighted by Crippen LogP contribution is 2.59. The van der Waals surface area contributed by atoms with Crippen LogP contribution in [0.3, 0.4) is 0 Å². The summed E-state index contributed by atoms with van der Waals surface area (Å²) < 4.78 is 20.6. The van der Waals surface area contributed by atoms with Gasteiger partial charge in [0.2, 0.25) is 0 Å². The number of allylic oxidation sites excluding steroid dienone is 1. The van der Waals surface area contributed by atoms with Crippen LogP contribution in [-0.2, 0) is 19.3 Å². The van der Waals surface area contributed by atoms with E-state index in [1.165, 1.54) is 164 Å². The molecule has 0 fully saturated rings. The number of hydrogen-bond acceptors (Lipinski definition) is 6. The second kappa shape index (κ2) is 31.7. The summed E-state index contributed by atoms with van der Waals surface area (Å²) in [6.45, 7) is 42.9. The highest BCUT2D eigenvalue weighted by atomic mass is 32.2. The topological polar surface area (TPSA) is 0 Å². The van der Waals surface area contributed by atoms with Gasteiger partial charge in [-0.1, -0.05) is 225 Å². The van der Waals surface area contributed by atoms with Gasteiger partial charge in [0.05, 0.1) is 9.09 Å². The molecule has 1 aliphatic rings. The lowest BCUT2D eigenvalue weighted by atomic mass is 9.86. The Balaban J connectivity index is 0.00000223. The van der Waals surface area contributed by atoms with Crippen molar-refractivity contribution in [3.8, 4) is 20.9 Å². The van der Waals surface area contributed by atoms with Gasteiger partial charge in [-0.25, -0.2) is 4.39 Å². The summed E-state index contributed by atoms with van der Waals surface area (Å²) in [4.78, 5) is 9.10. The zero-order valence-electron chi connectivity index (χ0n) is 48.9. The molecule has 1 aromatic carbocycles. The van der Waals surface area contributed by atoms with Crippen LogP contribution in [-0.4, -0.2) is 5.25 Å². The zero-order chi connectivity index (χ0) is 53.9. The molecule has 2 atom stereocenters. The van der Waals surface area contributed by atoms with E-state index < -0.39 is 0 Å². The molecular weight excluding hydrogens is 1000 g/mol. The van der Waals surface area contributed by atoms with Crippen molar-refractivity contribution in [2.24, 2.45) is 22.7 Å². The molecule has 5 aromatic rings. The van der Waals surface area contributed by atoms with Gasteiger partial charge < -0.3 is 0 Å². The molecule has 408 valence electrons. The number of rotatable bonds is 27. The molecule has 2 unspecified atom stereocenters. The number of aryl methyl sites for hydroxylation is 2. The summed E-state index contributed by atoms with van der Waals surface area (Å²) in [6, 6.07) is 12.2. The van der Waals surface area contributed by atoms with E-state index >= 15 is 4.39 Å². The Morgan fingerprint density at radius 2 is 1.23 bits per heavy atom. The zero-order valence-corrected chi connectivity index (χ0v) is 53.8. The minimum atomic E-state index is -0.291. The smallest absolute Gasteiger partial charge is 0.150 e. The molecule has 0 radical (unpaired) electrons. The first-order valence-corrected chi connectivity index (χ1v) is 34.1. The predicted octanol–water partition coefficient (Wildman–Crippen LogP) is 23.9. The average Bonchev–Trinajstić information content (AvgIpc) is 4.19. The number of unbranched alkanes of at least 4 members (excludes halogenated alkanes) is 10. The third-order valence-corrected chi connectivity index (χ3v) is 22.1. The summed E-state index contributed by atoms with van der Waals surface area (Å²) >= 11 is 11.4. The Bertz CT molecular complexity index is 2420. The van der Waals surface area contributed by atoms with Gasteiger partial charge >= 0.3 is 0 Å². The van der Waals surface area contributed by atoms with E-state index in [2.05, 4.69) is 145 Å². The van der Waals surface area contributed by atoms with Crippen LogP contribution in [0.1, 0.15) is 246 Å². The molecule has 0 saturated heterocycles. The lowest BCUT2D eigenvalue weighted by Crippen LogP contribution is -2.27. The number of halogens is 1. The second-order valence-corrected chi connectivity index (χ2v) is 30.5. The first kappa shape index (κ1) is 63.9. The van der Waals surface area contributed by atoms with E-state index in [1.807, 2.05) is 47.9 Å². The largest absolute Gasteiger partial charge is 0.205 e. The maximum absolute atomic E-state index is 17.1. The first-order valence-electron chi connectivity index (χ1n) is 29.2. The maximum atomic E-state index is 17.1. The van der Waals surface area contributed by atoms with Crippen molar-refractivity contribution in [1.29, 1.82) is 0 Å². The van der Waals surface area contributed by atoms with Crippen LogP contribution >= 0.6 is 68.9 Å². The Morgan fingerprint density at radius 1 is 0.699 bits per heavy atom. The molecule has 4 aromatic heterocycles. The van der Waals surface area contributed by atoms with Gasteiger partial charge in [-0.3, -0.25) is 0 Å². The molecule has 5 heterocycles.